The lowest BCUT2D eigenvalue weighted by molar-refractivity contribution is 0.371. The molecule has 1 atom stereocenters. The minimum absolute atomic E-state index is 0.157. The van der Waals surface area contributed by atoms with Gasteiger partial charge in [0.1, 0.15) is 0 Å². The number of ether oxygens (including phenoxy) is 1. The van der Waals surface area contributed by atoms with Gasteiger partial charge in [0.05, 0.1) is 17.0 Å². The molecular weight excluding hydrogens is 278 g/mol. The number of halogens is 1. The van der Waals surface area contributed by atoms with Crippen LogP contribution in [0.3, 0.4) is 0 Å². The number of hydrogen-bond donors (Lipinski definition) is 2. The zero-order valence-electron chi connectivity index (χ0n) is 8.29. The Bertz CT molecular complexity index is 367. The van der Waals surface area contributed by atoms with E-state index in [-0.39, 0.29) is 5.75 Å². The van der Waals surface area contributed by atoms with Crippen molar-refractivity contribution in [3.8, 4) is 11.5 Å². The summed E-state index contributed by atoms with van der Waals surface area (Å²) in [5.41, 5.74) is 1.12. The Morgan fingerprint density at radius 1 is 1.60 bits per heavy atom. The van der Waals surface area contributed by atoms with E-state index >= 15 is 0 Å². The number of nitrogens with one attached hydrogen (secondary N) is 1. The van der Waals surface area contributed by atoms with Crippen LogP contribution in [-0.4, -0.2) is 24.5 Å². The third-order valence-electron chi connectivity index (χ3n) is 2.29. The quantitative estimate of drug-likeness (QED) is 0.878. The van der Waals surface area contributed by atoms with Crippen molar-refractivity contribution < 1.29 is 9.84 Å². The van der Waals surface area contributed by atoms with Crippen molar-refractivity contribution in [2.75, 3.05) is 19.4 Å². The van der Waals surface area contributed by atoms with Gasteiger partial charge in [-0.05, 0) is 33.6 Å². The van der Waals surface area contributed by atoms with Crippen LogP contribution in [0, 0.1) is 0 Å². The Kier molecular flexibility index (Phi) is 3.43. The van der Waals surface area contributed by atoms with E-state index in [0.717, 1.165) is 17.9 Å². The maximum Gasteiger partial charge on any atom is 0.172 e. The number of hydrogen-bond acceptors (Lipinski definition) is 4. The summed E-state index contributed by atoms with van der Waals surface area (Å²) in [7, 11) is 1.56. The largest absolute Gasteiger partial charge is 0.503 e. The summed E-state index contributed by atoms with van der Waals surface area (Å²) in [5, 5.41) is 13.3. The second-order valence-corrected chi connectivity index (χ2v) is 5.33. The zero-order chi connectivity index (χ0) is 10.8. The van der Waals surface area contributed by atoms with Crippen LogP contribution in [0.5, 0.6) is 11.5 Å². The lowest BCUT2D eigenvalue weighted by atomic mass is 10.2. The molecule has 82 valence electrons. The van der Waals surface area contributed by atoms with Crippen molar-refractivity contribution in [3.63, 3.8) is 0 Å². The van der Waals surface area contributed by atoms with Crippen molar-refractivity contribution in [2.24, 2.45) is 0 Å². The zero-order valence-corrected chi connectivity index (χ0v) is 10.7. The Labute approximate surface area is 101 Å². The highest BCUT2D eigenvalue weighted by Gasteiger charge is 2.19. The number of aromatic hydroxyl groups is 1. The first-order chi connectivity index (χ1) is 7.22. The van der Waals surface area contributed by atoms with Gasteiger partial charge in [0, 0.05) is 12.3 Å². The van der Waals surface area contributed by atoms with Crippen molar-refractivity contribution in [1.29, 1.82) is 0 Å². The molecule has 0 unspecified atom stereocenters. The molecule has 15 heavy (non-hydrogen) atoms. The highest BCUT2D eigenvalue weighted by atomic mass is 79.9. The van der Waals surface area contributed by atoms with Crippen molar-refractivity contribution >= 4 is 27.7 Å². The smallest absolute Gasteiger partial charge is 0.172 e. The number of phenols is 1. The minimum atomic E-state index is 0.157. The van der Waals surface area contributed by atoms with E-state index in [2.05, 4.69) is 21.2 Å². The molecule has 0 saturated carbocycles. The first-order valence-electron chi connectivity index (χ1n) is 4.63. The summed E-state index contributed by atoms with van der Waals surface area (Å²) in [5.74, 6) is 1.78. The fourth-order valence-electron chi connectivity index (χ4n) is 1.54. The fourth-order valence-corrected chi connectivity index (χ4v) is 3.04. The van der Waals surface area contributed by atoms with Gasteiger partial charge in [-0.15, -0.1) is 11.8 Å². The Morgan fingerprint density at radius 2 is 2.40 bits per heavy atom. The molecule has 1 saturated heterocycles. The molecule has 0 aromatic heterocycles. The second-order valence-electron chi connectivity index (χ2n) is 3.26. The number of thioether (sulfide) groups is 1. The monoisotopic (exact) mass is 289 g/mol. The molecular formula is C10H12BrNO2S. The van der Waals surface area contributed by atoms with Crippen LogP contribution in [0.15, 0.2) is 16.6 Å². The lowest BCUT2D eigenvalue weighted by Crippen LogP contribution is -2.12. The van der Waals surface area contributed by atoms with Crippen LogP contribution in [0.4, 0.5) is 0 Å². The average Bonchev–Trinajstić information content (AvgIpc) is 2.75. The summed E-state index contributed by atoms with van der Waals surface area (Å²) in [4.78, 5) is 0. The highest BCUT2D eigenvalue weighted by molar-refractivity contribution is 9.10. The molecule has 5 heteroatoms. The van der Waals surface area contributed by atoms with Gasteiger partial charge >= 0.3 is 0 Å². The molecule has 2 N–H and O–H groups in total. The van der Waals surface area contributed by atoms with Crippen LogP contribution in [0.25, 0.3) is 0 Å². The van der Waals surface area contributed by atoms with Crippen LogP contribution in [0.2, 0.25) is 0 Å². The number of methoxy groups -OCH3 is 1. The van der Waals surface area contributed by atoms with E-state index in [4.69, 9.17) is 4.74 Å². The van der Waals surface area contributed by atoms with E-state index in [0.29, 0.717) is 15.6 Å². The molecule has 1 aromatic rings. The highest BCUT2D eigenvalue weighted by Crippen LogP contribution is 2.40. The molecule has 0 spiro atoms. The molecule has 1 aromatic carbocycles. The van der Waals surface area contributed by atoms with Crippen LogP contribution >= 0.6 is 27.7 Å². The Balaban J connectivity index is 2.35. The van der Waals surface area contributed by atoms with Gasteiger partial charge in [0.15, 0.2) is 11.5 Å². The minimum Gasteiger partial charge on any atom is -0.503 e. The van der Waals surface area contributed by atoms with E-state index in [9.17, 15) is 5.11 Å². The van der Waals surface area contributed by atoms with E-state index < -0.39 is 0 Å². The normalized spacial score (nSPS) is 20.5. The van der Waals surface area contributed by atoms with Crippen LogP contribution in [-0.2, 0) is 0 Å². The Morgan fingerprint density at radius 3 is 3.00 bits per heavy atom. The molecule has 0 radical (unpaired) electrons. The molecule has 1 aliphatic rings. The summed E-state index contributed by atoms with van der Waals surface area (Å²) >= 11 is 5.18. The molecule has 0 bridgehead atoms. The summed E-state index contributed by atoms with van der Waals surface area (Å²) < 4.78 is 5.78. The summed E-state index contributed by atoms with van der Waals surface area (Å²) in [6.45, 7) is 1.02. The fraction of sp³-hybridized carbons (Fsp3) is 0.400. The predicted octanol–water partition coefficient (Wildman–Crippen LogP) is 2.50. The molecule has 1 aliphatic heterocycles. The van der Waals surface area contributed by atoms with Crippen LogP contribution < -0.4 is 10.1 Å². The van der Waals surface area contributed by atoms with Gasteiger partial charge < -0.3 is 15.2 Å². The molecule has 1 heterocycles. The second kappa shape index (κ2) is 4.63. The van der Waals surface area contributed by atoms with Gasteiger partial charge in [-0.2, -0.15) is 0 Å². The molecule has 2 rings (SSSR count). The van der Waals surface area contributed by atoms with Gasteiger partial charge in [-0.3, -0.25) is 0 Å². The first kappa shape index (κ1) is 11.1. The van der Waals surface area contributed by atoms with Gasteiger partial charge in [0.25, 0.3) is 0 Å². The van der Waals surface area contributed by atoms with Gasteiger partial charge in [-0.1, -0.05) is 0 Å². The average molecular weight is 290 g/mol. The molecule has 3 nitrogen and oxygen atoms in total. The van der Waals surface area contributed by atoms with Crippen molar-refractivity contribution in [2.45, 2.75) is 5.37 Å². The van der Waals surface area contributed by atoms with Crippen LogP contribution in [0.1, 0.15) is 10.9 Å². The molecule has 0 amide bonds. The summed E-state index contributed by atoms with van der Waals surface area (Å²) in [6.07, 6.45) is 0. The third kappa shape index (κ3) is 2.24. The molecule has 1 fully saturated rings. The van der Waals surface area contributed by atoms with Gasteiger partial charge in [-0.25, -0.2) is 0 Å². The predicted molar refractivity (Wildman–Crippen MR) is 65.6 cm³/mol. The first-order valence-corrected chi connectivity index (χ1v) is 6.48. The van der Waals surface area contributed by atoms with Gasteiger partial charge in [0.2, 0.25) is 0 Å². The van der Waals surface area contributed by atoms with Crippen molar-refractivity contribution in [1.82, 2.24) is 5.32 Å². The SMILES string of the molecule is COc1cc([C@H]2NCCS2)cc(Br)c1O. The number of phenolic OH excluding ortho intramolecular Hbond substituents is 1. The standard InChI is InChI=1S/C10H12BrNO2S/c1-14-8-5-6(4-7(11)9(8)13)10-12-2-3-15-10/h4-5,10,12-13H,2-3H2,1H3/t10-/m0/s1. The summed E-state index contributed by atoms with van der Waals surface area (Å²) in [6, 6.07) is 3.80. The number of benzene rings is 1. The lowest BCUT2D eigenvalue weighted by Gasteiger charge is -2.13. The topological polar surface area (TPSA) is 41.5 Å². The number of rotatable bonds is 2. The third-order valence-corrected chi connectivity index (χ3v) is 4.11. The van der Waals surface area contributed by atoms with E-state index in [1.807, 2.05) is 23.9 Å². The molecule has 0 aliphatic carbocycles. The maximum absolute atomic E-state index is 9.67. The maximum atomic E-state index is 9.67. The Hall–Kier alpha value is -0.390. The van der Waals surface area contributed by atoms with Crippen molar-refractivity contribution in [3.05, 3.63) is 22.2 Å². The van der Waals surface area contributed by atoms with E-state index in [1.165, 1.54) is 0 Å². The van der Waals surface area contributed by atoms with E-state index in [1.54, 1.807) is 7.11 Å².